The van der Waals surface area contributed by atoms with Crippen LogP contribution in [0.25, 0.3) is 10.9 Å². The van der Waals surface area contributed by atoms with E-state index < -0.39 is 19.0 Å². The van der Waals surface area contributed by atoms with Crippen LogP contribution in [0, 0.1) is 0 Å². The highest BCUT2D eigenvalue weighted by molar-refractivity contribution is 5.97. The molecule has 0 atom stereocenters. The molecule has 1 aliphatic heterocycles. The molecule has 104 valence electrons. The van der Waals surface area contributed by atoms with Crippen LogP contribution in [0.4, 0.5) is 20.3 Å². The van der Waals surface area contributed by atoms with Gasteiger partial charge in [0, 0.05) is 11.1 Å². The number of nitrogen functional groups attached to an aromatic ring is 1. The van der Waals surface area contributed by atoms with Crippen molar-refractivity contribution in [1.82, 2.24) is 15.3 Å². The minimum Gasteiger partial charge on any atom is -0.383 e. The summed E-state index contributed by atoms with van der Waals surface area (Å²) in [6.45, 7) is -0.959. The summed E-state index contributed by atoms with van der Waals surface area (Å²) < 4.78 is 25.9. The minimum absolute atomic E-state index is 0.311. The van der Waals surface area contributed by atoms with Gasteiger partial charge in [0.2, 0.25) is 0 Å². The lowest BCUT2D eigenvalue weighted by molar-refractivity contribution is 0.0126. The number of aromatic nitrogens is 2. The number of nitrogens with zero attached hydrogens (tertiary/aromatic N) is 3. The van der Waals surface area contributed by atoms with Crippen LogP contribution in [0.3, 0.4) is 0 Å². The number of nitrogens with two attached hydrogens (primary N) is 1. The van der Waals surface area contributed by atoms with E-state index in [0.717, 1.165) is 0 Å². The first kappa shape index (κ1) is 12.5. The largest absolute Gasteiger partial charge is 0.383 e. The molecule has 1 aromatic heterocycles. The summed E-state index contributed by atoms with van der Waals surface area (Å²) in [4.78, 5) is 11.8. The highest BCUT2D eigenvalue weighted by Crippen LogP contribution is 2.21. The Balaban J connectivity index is 1.85. The average molecular weight is 278 g/mol. The number of alkyl halides is 2. The Morgan fingerprint density at radius 1 is 1.30 bits per heavy atom. The Bertz CT molecular complexity index is 685. The van der Waals surface area contributed by atoms with Crippen LogP contribution in [0.15, 0.2) is 29.5 Å². The van der Waals surface area contributed by atoms with E-state index >= 15 is 0 Å². The number of fused-ring (bicyclic) bond motifs is 1. The van der Waals surface area contributed by atoms with E-state index in [-0.39, 0.29) is 0 Å². The molecule has 0 spiro atoms. The van der Waals surface area contributed by atoms with Crippen molar-refractivity contribution in [3.05, 3.63) is 24.5 Å². The molecule has 0 unspecified atom stereocenters. The highest BCUT2D eigenvalue weighted by atomic mass is 19.3. The molecule has 8 heteroatoms. The first-order valence-electron chi connectivity index (χ1n) is 5.97. The predicted octanol–water partition coefficient (Wildman–Crippen LogP) is 1.22. The SMILES string of the molecule is Nc1ncnc2ccc(NC3=NCC(F)(F)CN3)cc12. The van der Waals surface area contributed by atoms with Gasteiger partial charge in [-0.25, -0.2) is 23.7 Å². The number of rotatable bonds is 1. The van der Waals surface area contributed by atoms with Gasteiger partial charge in [0.1, 0.15) is 18.7 Å². The number of benzene rings is 1. The Kier molecular flexibility index (Phi) is 2.85. The molecule has 6 nitrogen and oxygen atoms in total. The van der Waals surface area contributed by atoms with E-state index in [2.05, 4.69) is 25.6 Å². The van der Waals surface area contributed by atoms with Gasteiger partial charge >= 0.3 is 0 Å². The smallest absolute Gasteiger partial charge is 0.284 e. The molecule has 20 heavy (non-hydrogen) atoms. The van der Waals surface area contributed by atoms with Crippen LogP contribution in [0.1, 0.15) is 0 Å². The molecular formula is C12H12F2N6. The molecule has 1 aliphatic rings. The average Bonchev–Trinajstić information content (AvgIpc) is 2.42. The second-order valence-electron chi connectivity index (χ2n) is 4.49. The maximum absolute atomic E-state index is 12.9. The summed E-state index contributed by atoms with van der Waals surface area (Å²) in [5.74, 6) is -2.12. The number of nitrogens with one attached hydrogen (secondary N) is 2. The van der Waals surface area contributed by atoms with Crippen LogP contribution in [-0.2, 0) is 0 Å². The Morgan fingerprint density at radius 3 is 2.90 bits per heavy atom. The first-order chi connectivity index (χ1) is 9.53. The Morgan fingerprint density at radius 2 is 2.15 bits per heavy atom. The number of halogens is 2. The van der Waals surface area contributed by atoms with E-state index in [1.807, 2.05) is 0 Å². The molecule has 0 fully saturated rings. The van der Waals surface area contributed by atoms with Crippen molar-refractivity contribution in [3.8, 4) is 0 Å². The van der Waals surface area contributed by atoms with Gasteiger partial charge in [-0.1, -0.05) is 0 Å². The summed E-state index contributed by atoms with van der Waals surface area (Å²) in [7, 11) is 0. The lowest BCUT2D eigenvalue weighted by Crippen LogP contribution is -2.46. The van der Waals surface area contributed by atoms with Gasteiger partial charge in [0.25, 0.3) is 5.92 Å². The van der Waals surface area contributed by atoms with Gasteiger partial charge in [0.15, 0.2) is 5.96 Å². The fourth-order valence-corrected chi connectivity index (χ4v) is 1.89. The second kappa shape index (κ2) is 4.55. The molecule has 0 saturated carbocycles. The molecule has 0 saturated heterocycles. The van der Waals surface area contributed by atoms with Gasteiger partial charge in [-0.2, -0.15) is 0 Å². The summed E-state index contributed by atoms with van der Waals surface area (Å²) in [5.41, 5.74) is 7.16. The summed E-state index contributed by atoms with van der Waals surface area (Å²) in [6.07, 6.45) is 1.39. The van der Waals surface area contributed by atoms with Crippen LogP contribution in [-0.4, -0.2) is 34.9 Å². The van der Waals surface area contributed by atoms with Gasteiger partial charge in [-0.15, -0.1) is 0 Å². The third kappa shape index (κ3) is 2.44. The standard InChI is InChI=1S/C12H12F2N6/c13-12(14)4-16-11(17-5-12)20-7-1-2-9-8(3-7)10(15)19-6-18-9/h1-3,6H,4-5H2,(H2,15,18,19)(H2,16,17,20). The van der Waals surface area contributed by atoms with Crippen molar-refractivity contribution in [2.75, 3.05) is 24.1 Å². The van der Waals surface area contributed by atoms with Crippen LogP contribution < -0.4 is 16.4 Å². The van der Waals surface area contributed by atoms with E-state index in [1.165, 1.54) is 6.33 Å². The quantitative estimate of drug-likeness (QED) is 0.730. The van der Waals surface area contributed by atoms with Crippen molar-refractivity contribution in [3.63, 3.8) is 0 Å². The lowest BCUT2D eigenvalue weighted by atomic mass is 10.2. The molecule has 0 aliphatic carbocycles. The van der Waals surface area contributed by atoms with E-state index in [0.29, 0.717) is 28.4 Å². The normalized spacial score (nSPS) is 17.4. The van der Waals surface area contributed by atoms with Crippen LogP contribution >= 0.6 is 0 Å². The van der Waals surface area contributed by atoms with Crippen LogP contribution in [0.2, 0.25) is 0 Å². The number of aliphatic imine (C=N–C) groups is 1. The van der Waals surface area contributed by atoms with Crippen LogP contribution in [0.5, 0.6) is 0 Å². The summed E-state index contributed by atoms with van der Waals surface area (Å²) in [5, 5.41) is 6.17. The number of hydrogen-bond donors (Lipinski definition) is 3. The van der Waals surface area contributed by atoms with Gasteiger partial charge in [-0.05, 0) is 18.2 Å². The first-order valence-corrected chi connectivity index (χ1v) is 5.97. The Hall–Kier alpha value is -2.51. The van der Waals surface area contributed by atoms with Gasteiger partial charge in [0.05, 0.1) is 12.1 Å². The Labute approximate surface area is 113 Å². The third-order valence-electron chi connectivity index (χ3n) is 2.91. The summed E-state index contributed by atoms with van der Waals surface area (Å²) >= 11 is 0. The molecule has 0 bridgehead atoms. The molecule has 0 amide bonds. The molecule has 3 rings (SSSR count). The maximum atomic E-state index is 12.9. The number of hydrogen-bond acceptors (Lipinski definition) is 6. The van der Waals surface area contributed by atoms with Gasteiger partial charge < -0.3 is 16.4 Å². The highest BCUT2D eigenvalue weighted by Gasteiger charge is 2.32. The van der Waals surface area contributed by atoms with E-state index in [9.17, 15) is 8.78 Å². The number of guanidine groups is 1. The van der Waals surface area contributed by atoms with Crippen molar-refractivity contribution < 1.29 is 8.78 Å². The number of anilines is 2. The van der Waals surface area contributed by atoms with Crippen molar-refractivity contribution in [2.45, 2.75) is 5.92 Å². The van der Waals surface area contributed by atoms with Gasteiger partial charge in [-0.3, -0.25) is 0 Å². The molecule has 4 N–H and O–H groups in total. The fraction of sp³-hybridized carbons (Fsp3) is 0.250. The fourth-order valence-electron chi connectivity index (χ4n) is 1.89. The summed E-state index contributed by atoms with van der Waals surface area (Å²) in [6, 6.07) is 5.29. The van der Waals surface area contributed by atoms with E-state index in [1.54, 1.807) is 18.2 Å². The lowest BCUT2D eigenvalue weighted by Gasteiger charge is -2.23. The zero-order chi connectivity index (χ0) is 14.2. The van der Waals surface area contributed by atoms with Crippen molar-refractivity contribution in [2.24, 2.45) is 4.99 Å². The molecular weight excluding hydrogens is 266 g/mol. The van der Waals surface area contributed by atoms with Crippen molar-refractivity contribution >= 4 is 28.4 Å². The molecule has 0 radical (unpaired) electrons. The molecule has 1 aromatic carbocycles. The zero-order valence-electron chi connectivity index (χ0n) is 10.4. The third-order valence-corrected chi connectivity index (χ3v) is 2.91. The maximum Gasteiger partial charge on any atom is 0.284 e. The second-order valence-corrected chi connectivity index (χ2v) is 4.49. The topological polar surface area (TPSA) is 88.2 Å². The zero-order valence-corrected chi connectivity index (χ0v) is 10.4. The van der Waals surface area contributed by atoms with Crippen molar-refractivity contribution in [1.29, 1.82) is 0 Å². The minimum atomic E-state index is -2.80. The predicted molar refractivity (Wildman–Crippen MR) is 72.8 cm³/mol. The molecule has 2 heterocycles. The molecule has 2 aromatic rings. The monoisotopic (exact) mass is 278 g/mol. The van der Waals surface area contributed by atoms with E-state index in [4.69, 9.17) is 5.73 Å².